The molecule has 2 rings (SSSR count). The molecule has 0 aliphatic rings. The van der Waals surface area contributed by atoms with Crippen LogP contribution in [-0.4, -0.2) is 13.4 Å². The van der Waals surface area contributed by atoms with Crippen LogP contribution in [0.1, 0.15) is 11.1 Å². The van der Waals surface area contributed by atoms with Gasteiger partial charge < -0.3 is 0 Å². The Balaban J connectivity index is 2.30. The maximum atomic E-state index is 12.1. The van der Waals surface area contributed by atoms with Gasteiger partial charge in [-0.15, -0.1) is 0 Å². The van der Waals surface area contributed by atoms with E-state index in [1.54, 1.807) is 37.3 Å². The number of pyridine rings is 1. The molecule has 0 radical (unpaired) electrons. The molecule has 19 heavy (non-hydrogen) atoms. The van der Waals surface area contributed by atoms with Crippen LogP contribution in [0.2, 0.25) is 5.15 Å². The van der Waals surface area contributed by atoms with Gasteiger partial charge in [0.15, 0.2) is 0 Å². The van der Waals surface area contributed by atoms with Crippen molar-refractivity contribution in [1.29, 1.82) is 0 Å². The standard InChI is InChI=1S/C13H13ClN2O2S/c1-9-3-5-12(6-4-9)19(17,18)16-11-7-10(2)13(14)15-8-11/h3-8,16H,1-2H3. The van der Waals surface area contributed by atoms with Gasteiger partial charge in [0.05, 0.1) is 16.8 Å². The SMILES string of the molecule is Cc1ccc(S(=O)(=O)Nc2cnc(Cl)c(C)c2)cc1. The lowest BCUT2D eigenvalue weighted by Gasteiger charge is -2.09. The average molecular weight is 297 g/mol. The Morgan fingerprint density at radius 2 is 1.79 bits per heavy atom. The van der Waals surface area contributed by atoms with E-state index in [-0.39, 0.29) is 4.90 Å². The quantitative estimate of drug-likeness (QED) is 0.885. The third-order valence-corrected chi connectivity index (χ3v) is 4.39. The molecule has 100 valence electrons. The summed E-state index contributed by atoms with van der Waals surface area (Å²) in [5.41, 5.74) is 2.11. The molecule has 1 aromatic carbocycles. The summed E-state index contributed by atoms with van der Waals surface area (Å²) in [5.74, 6) is 0. The van der Waals surface area contributed by atoms with Gasteiger partial charge in [-0.3, -0.25) is 4.72 Å². The topological polar surface area (TPSA) is 59.1 Å². The van der Waals surface area contributed by atoms with Crippen molar-refractivity contribution in [2.24, 2.45) is 0 Å². The van der Waals surface area contributed by atoms with E-state index in [0.717, 1.165) is 5.56 Å². The molecule has 0 saturated heterocycles. The van der Waals surface area contributed by atoms with Crippen LogP contribution in [-0.2, 0) is 10.0 Å². The number of rotatable bonds is 3. The zero-order valence-electron chi connectivity index (χ0n) is 10.5. The highest BCUT2D eigenvalue weighted by atomic mass is 35.5. The molecule has 1 aromatic heterocycles. The first-order valence-electron chi connectivity index (χ1n) is 5.60. The lowest BCUT2D eigenvalue weighted by Crippen LogP contribution is -2.13. The van der Waals surface area contributed by atoms with Crippen molar-refractivity contribution in [3.8, 4) is 0 Å². The number of sulfonamides is 1. The van der Waals surface area contributed by atoms with Crippen LogP contribution in [0.15, 0.2) is 41.4 Å². The number of hydrogen-bond donors (Lipinski definition) is 1. The number of anilines is 1. The van der Waals surface area contributed by atoms with Gasteiger partial charge in [-0.25, -0.2) is 13.4 Å². The van der Waals surface area contributed by atoms with Crippen molar-refractivity contribution >= 4 is 27.3 Å². The first kappa shape index (κ1) is 13.8. The fourth-order valence-corrected chi connectivity index (χ4v) is 2.68. The van der Waals surface area contributed by atoms with Gasteiger partial charge in [0.1, 0.15) is 5.15 Å². The highest BCUT2D eigenvalue weighted by Crippen LogP contribution is 2.19. The molecule has 6 heteroatoms. The van der Waals surface area contributed by atoms with Gasteiger partial charge in [0.2, 0.25) is 0 Å². The molecule has 2 aromatic rings. The van der Waals surface area contributed by atoms with Gasteiger partial charge in [-0.2, -0.15) is 0 Å². The maximum absolute atomic E-state index is 12.1. The van der Waals surface area contributed by atoms with Crippen molar-refractivity contribution < 1.29 is 8.42 Å². The maximum Gasteiger partial charge on any atom is 0.261 e. The van der Waals surface area contributed by atoms with E-state index >= 15 is 0 Å². The van der Waals surface area contributed by atoms with E-state index in [1.807, 2.05) is 6.92 Å². The van der Waals surface area contributed by atoms with Crippen LogP contribution in [0.5, 0.6) is 0 Å². The molecule has 0 unspecified atom stereocenters. The van der Waals surface area contributed by atoms with Gasteiger partial charge in [-0.1, -0.05) is 29.3 Å². The van der Waals surface area contributed by atoms with Crippen molar-refractivity contribution in [3.63, 3.8) is 0 Å². The Morgan fingerprint density at radius 1 is 1.16 bits per heavy atom. The fraction of sp³-hybridized carbons (Fsp3) is 0.154. The first-order valence-corrected chi connectivity index (χ1v) is 7.46. The van der Waals surface area contributed by atoms with Crippen LogP contribution in [0, 0.1) is 13.8 Å². The van der Waals surface area contributed by atoms with Crippen molar-refractivity contribution in [2.75, 3.05) is 4.72 Å². The zero-order chi connectivity index (χ0) is 14.0. The summed E-state index contributed by atoms with van der Waals surface area (Å²) in [4.78, 5) is 4.12. The second kappa shape index (κ2) is 5.19. The fourth-order valence-electron chi connectivity index (χ4n) is 1.55. The van der Waals surface area contributed by atoms with Crippen LogP contribution in [0.4, 0.5) is 5.69 Å². The van der Waals surface area contributed by atoms with Crippen LogP contribution >= 0.6 is 11.6 Å². The summed E-state index contributed by atoms with van der Waals surface area (Å²) in [6, 6.07) is 8.27. The average Bonchev–Trinajstić information content (AvgIpc) is 2.34. The van der Waals surface area contributed by atoms with E-state index in [2.05, 4.69) is 9.71 Å². The highest BCUT2D eigenvalue weighted by Gasteiger charge is 2.14. The minimum atomic E-state index is -3.59. The molecule has 0 saturated carbocycles. The smallest absolute Gasteiger partial charge is 0.261 e. The van der Waals surface area contributed by atoms with E-state index in [1.165, 1.54) is 6.20 Å². The Labute approximate surface area is 117 Å². The summed E-state index contributed by atoms with van der Waals surface area (Å²) in [6.45, 7) is 3.66. The van der Waals surface area contributed by atoms with Crippen LogP contribution < -0.4 is 4.72 Å². The third-order valence-electron chi connectivity index (χ3n) is 2.60. The lowest BCUT2D eigenvalue weighted by atomic mass is 10.2. The summed E-state index contributed by atoms with van der Waals surface area (Å²) in [7, 11) is -3.59. The Kier molecular flexibility index (Phi) is 3.78. The van der Waals surface area contributed by atoms with E-state index < -0.39 is 10.0 Å². The van der Waals surface area contributed by atoms with Gasteiger partial charge in [-0.05, 0) is 37.6 Å². The minimum Gasteiger partial charge on any atom is -0.278 e. The normalized spacial score (nSPS) is 11.3. The molecule has 1 heterocycles. The van der Waals surface area contributed by atoms with E-state index in [0.29, 0.717) is 16.4 Å². The lowest BCUT2D eigenvalue weighted by molar-refractivity contribution is 0.601. The number of aryl methyl sites for hydroxylation is 2. The second-order valence-corrected chi connectivity index (χ2v) is 6.29. The number of nitrogens with one attached hydrogen (secondary N) is 1. The summed E-state index contributed by atoms with van der Waals surface area (Å²) in [6.07, 6.45) is 1.39. The number of hydrogen-bond acceptors (Lipinski definition) is 3. The predicted octanol–water partition coefficient (Wildman–Crippen LogP) is 3.15. The molecular formula is C13H13ClN2O2S. The van der Waals surface area contributed by atoms with Gasteiger partial charge >= 0.3 is 0 Å². The minimum absolute atomic E-state index is 0.214. The van der Waals surface area contributed by atoms with Crippen molar-refractivity contribution in [3.05, 3.63) is 52.8 Å². The predicted molar refractivity (Wildman–Crippen MR) is 76.0 cm³/mol. The molecule has 1 N–H and O–H groups in total. The molecule has 0 amide bonds. The first-order chi connectivity index (χ1) is 8.88. The molecule has 0 fully saturated rings. The number of benzene rings is 1. The summed E-state index contributed by atoms with van der Waals surface area (Å²) >= 11 is 5.80. The second-order valence-electron chi connectivity index (χ2n) is 4.25. The molecule has 0 aliphatic carbocycles. The number of halogens is 1. The Hall–Kier alpha value is -1.59. The zero-order valence-corrected chi connectivity index (χ0v) is 12.1. The van der Waals surface area contributed by atoms with Crippen LogP contribution in [0.25, 0.3) is 0 Å². The summed E-state index contributed by atoms with van der Waals surface area (Å²) in [5, 5.41) is 0.360. The molecule has 0 spiro atoms. The van der Waals surface area contributed by atoms with Crippen molar-refractivity contribution in [2.45, 2.75) is 18.7 Å². The molecule has 0 atom stereocenters. The highest BCUT2D eigenvalue weighted by molar-refractivity contribution is 7.92. The monoisotopic (exact) mass is 296 g/mol. The Morgan fingerprint density at radius 3 is 2.37 bits per heavy atom. The molecule has 0 aliphatic heterocycles. The van der Waals surface area contributed by atoms with Crippen molar-refractivity contribution in [1.82, 2.24) is 4.98 Å². The molecule has 4 nitrogen and oxygen atoms in total. The summed E-state index contributed by atoms with van der Waals surface area (Å²) < 4.78 is 26.7. The molecule has 0 bridgehead atoms. The van der Waals surface area contributed by atoms with Gasteiger partial charge in [0, 0.05) is 0 Å². The molecular weight excluding hydrogens is 284 g/mol. The number of nitrogens with zero attached hydrogens (tertiary/aromatic N) is 1. The number of aromatic nitrogens is 1. The Bertz CT molecular complexity index is 697. The third kappa shape index (κ3) is 3.24. The largest absolute Gasteiger partial charge is 0.278 e. The van der Waals surface area contributed by atoms with Gasteiger partial charge in [0.25, 0.3) is 10.0 Å². The van der Waals surface area contributed by atoms with E-state index in [9.17, 15) is 8.42 Å². The van der Waals surface area contributed by atoms with Crippen LogP contribution in [0.3, 0.4) is 0 Å². The van der Waals surface area contributed by atoms with E-state index in [4.69, 9.17) is 11.6 Å².